The number of hydrogen-bond donors (Lipinski definition) is 4. The highest BCUT2D eigenvalue weighted by molar-refractivity contribution is 7.94. The number of amides is 1. The van der Waals surface area contributed by atoms with Crippen LogP contribution in [-0.2, 0) is 10.0 Å². The van der Waals surface area contributed by atoms with Crippen LogP contribution in [0.4, 0.5) is 5.69 Å². The molecule has 0 radical (unpaired) electrons. The zero-order chi connectivity index (χ0) is 16.9. The molecular weight excluding hydrogens is 356 g/mol. The maximum Gasteiger partial charge on any atom is 0.271 e. The minimum absolute atomic E-state index is 0.166. The average Bonchev–Trinajstić information content (AvgIpc) is 3.07. The molecule has 0 bridgehead atoms. The van der Waals surface area contributed by atoms with Crippen LogP contribution < -0.4 is 20.9 Å². The number of sulfonamides is 1. The molecule has 2 rings (SSSR count). The molecule has 122 valence electrons. The second kappa shape index (κ2) is 7.40. The lowest BCUT2D eigenvalue weighted by atomic mass is 10.2. The molecule has 7 nitrogen and oxygen atoms in total. The number of rotatable bonds is 4. The zero-order valence-corrected chi connectivity index (χ0v) is 14.4. The minimum atomic E-state index is -3.73. The summed E-state index contributed by atoms with van der Waals surface area (Å²) in [5.74, 6) is -0.521. The normalized spacial score (nSPS) is 10.7. The zero-order valence-electron chi connectivity index (χ0n) is 12.0. The second-order valence-electron chi connectivity index (χ2n) is 4.24. The Morgan fingerprint density at radius 3 is 2.52 bits per heavy atom. The maximum absolute atomic E-state index is 12.3. The molecule has 0 unspecified atom stereocenters. The number of nitrogens with one attached hydrogen (secondary N) is 4. The van der Waals surface area contributed by atoms with Crippen molar-refractivity contribution in [3.05, 3.63) is 47.3 Å². The number of hydrogen-bond acceptors (Lipinski definition) is 5. The smallest absolute Gasteiger partial charge is 0.271 e. The third-order valence-corrected chi connectivity index (χ3v) is 5.76. The van der Waals surface area contributed by atoms with Gasteiger partial charge in [0.1, 0.15) is 4.21 Å². The molecule has 0 spiro atoms. The molecule has 0 aliphatic heterocycles. The van der Waals surface area contributed by atoms with Gasteiger partial charge in [-0.2, -0.15) is 0 Å². The molecule has 0 aliphatic rings. The quantitative estimate of drug-likeness (QED) is 0.478. The van der Waals surface area contributed by atoms with Crippen LogP contribution in [-0.4, -0.2) is 26.5 Å². The Morgan fingerprint density at radius 2 is 1.87 bits per heavy atom. The van der Waals surface area contributed by atoms with Crippen molar-refractivity contribution in [2.45, 2.75) is 4.21 Å². The Bertz CT molecular complexity index is 804. The summed E-state index contributed by atoms with van der Waals surface area (Å²) in [4.78, 5) is 12.2. The lowest BCUT2D eigenvalue weighted by Gasteiger charge is -2.13. The van der Waals surface area contributed by atoms with Crippen LogP contribution >= 0.6 is 23.6 Å². The number of carbonyl (C=O) groups excluding carboxylic acids is 1. The summed E-state index contributed by atoms with van der Waals surface area (Å²) in [5.41, 5.74) is 5.22. The van der Waals surface area contributed by atoms with Gasteiger partial charge < -0.3 is 5.32 Å². The first-order valence-electron chi connectivity index (χ1n) is 6.37. The SMILES string of the molecule is CNC(=S)NNC(=O)c1ccccc1NS(=O)(=O)c1cccs1. The second-order valence-corrected chi connectivity index (χ2v) is 7.51. The van der Waals surface area contributed by atoms with E-state index in [4.69, 9.17) is 12.2 Å². The van der Waals surface area contributed by atoms with Gasteiger partial charge in [-0.3, -0.25) is 20.4 Å². The monoisotopic (exact) mass is 370 g/mol. The van der Waals surface area contributed by atoms with Crippen LogP contribution in [0.2, 0.25) is 0 Å². The van der Waals surface area contributed by atoms with E-state index in [1.165, 1.54) is 18.2 Å². The van der Waals surface area contributed by atoms with E-state index in [0.717, 1.165) is 11.3 Å². The van der Waals surface area contributed by atoms with Gasteiger partial charge in [-0.1, -0.05) is 18.2 Å². The van der Waals surface area contributed by atoms with Gasteiger partial charge in [-0.25, -0.2) is 8.42 Å². The summed E-state index contributed by atoms with van der Waals surface area (Å²) in [6.07, 6.45) is 0. The molecule has 0 aliphatic carbocycles. The van der Waals surface area contributed by atoms with Crippen LogP contribution in [0, 0.1) is 0 Å². The molecule has 0 fully saturated rings. The molecule has 1 aromatic carbocycles. The molecule has 10 heteroatoms. The summed E-state index contributed by atoms with van der Waals surface area (Å²) in [6, 6.07) is 9.41. The summed E-state index contributed by atoms with van der Waals surface area (Å²) >= 11 is 5.94. The standard InChI is InChI=1S/C13H14N4O3S3/c1-14-13(21)16-15-12(18)9-5-2-3-6-10(9)17-23(19,20)11-7-4-8-22-11/h2-8,17H,1H3,(H,15,18)(H2,14,16,21). The highest BCUT2D eigenvalue weighted by atomic mass is 32.2. The van der Waals surface area contributed by atoms with Crippen LogP contribution in [0.1, 0.15) is 10.4 Å². The third-order valence-electron chi connectivity index (χ3n) is 2.69. The van der Waals surface area contributed by atoms with Gasteiger partial charge in [0.25, 0.3) is 15.9 Å². The van der Waals surface area contributed by atoms with Crippen molar-refractivity contribution < 1.29 is 13.2 Å². The molecule has 1 aromatic heterocycles. The van der Waals surface area contributed by atoms with E-state index in [9.17, 15) is 13.2 Å². The molecule has 0 saturated heterocycles. The van der Waals surface area contributed by atoms with Crippen LogP contribution in [0.15, 0.2) is 46.0 Å². The van der Waals surface area contributed by atoms with E-state index >= 15 is 0 Å². The number of anilines is 1. The van der Waals surface area contributed by atoms with Gasteiger partial charge in [0.15, 0.2) is 5.11 Å². The molecule has 0 atom stereocenters. The number of hydrazine groups is 1. The molecule has 1 heterocycles. The van der Waals surface area contributed by atoms with Crippen molar-refractivity contribution in [2.24, 2.45) is 0 Å². The largest absolute Gasteiger partial charge is 0.364 e. The van der Waals surface area contributed by atoms with Gasteiger partial charge in [0.2, 0.25) is 0 Å². The number of carbonyl (C=O) groups is 1. The van der Waals surface area contributed by atoms with Crippen LogP contribution in [0.3, 0.4) is 0 Å². The molecular formula is C13H14N4O3S3. The fourth-order valence-electron chi connectivity index (χ4n) is 1.62. The first-order chi connectivity index (χ1) is 10.9. The average molecular weight is 370 g/mol. The fraction of sp³-hybridized carbons (Fsp3) is 0.0769. The van der Waals surface area contributed by atoms with E-state index < -0.39 is 15.9 Å². The van der Waals surface area contributed by atoms with E-state index in [2.05, 4.69) is 20.9 Å². The minimum Gasteiger partial charge on any atom is -0.364 e. The van der Waals surface area contributed by atoms with E-state index in [-0.39, 0.29) is 20.6 Å². The van der Waals surface area contributed by atoms with Gasteiger partial charge >= 0.3 is 0 Å². The molecule has 2 aromatic rings. The van der Waals surface area contributed by atoms with Crippen molar-refractivity contribution >= 4 is 50.3 Å². The summed E-state index contributed by atoms with van der Waals surface area (Å²) < 4.78 is 27.1. The first kappa shape index (κ1) is 17.2. The van der Waals surface area contributed by atoms with Gasteiger partial charge in [0.05, 0.1) is 11.3 Å². The maximum atomic E-state index is 12.3. The van der Waals surface area contributed by atoms with Gasteiger partial charge in [-0.05, 0) is 35.8 Å². The van der Waals surface area contributed by atoms with Crippen molar-refractivity contribution in [3.8, 4) is 0 Å². The van der Waals surface area contributed by atoms with E-state index in [0.29, 0.717) is 0 Å². The predicted octanol–water partition coefficient (Wildman–Crippen LogP) is 1.29. The highest BCUT2D eigenvalue weighted by Gasteiger charge is 2.19. The summed E-state index contributed by atoms with van der Waals surface area (Å²) in [7, 11) is -2.13. The molecule has 4 N–H and O–H groups in total. The Hall–Kier alpha value is -2.17. The fourth-order valence-corrected chi connectivity index (χ4v) is 3.75. The predicted molar refractivity (Wildman–Crippen MR) is 93.8 cm³/mol. The van der Waals surface area contributed by atoms with Crippen LogP contribution in [0.25, 0.3) is 0 Å². The lowest BCUT2D eigenvalue weighted by molar-refractivity contribution is 0.0944. The Balaban J connectivity index is 2.21. The molecule has 23 heavy (non-hydrogen) atoms. The lowest BCUT2D eigenvalue weighted by Crippen LogP contribution is -2.45. The molecule has 0 saturated carbocycles. The van der Waals surface area contributed by atoms with E-state index in [1.807, 2.05) is 0 Å². The number of thiocarbonyl (C=S) groups is 1. The Kier molecular flexibility index (Phi) is 5.53. The third kappa shape index (κ3) is 4.41. The number of para-hydroxylation sites is 1. The number of benzene rings is 1. The highest BCUT2D eigenvalue weighted by Crippen LogP contribution is 2.22. The van der Waals surface area contributed by atoms with Gasteiger partial charge in [0, 0.05) is 7.05 Å². The van der Waals surface area contributed by atoms with Crippen molar-refractivity contribution in [1.82, 2.24) is 16.2 Å². The van der Waals surface area contributed by atoms with Crippen LogP contribution in [0.5, 0.6) is 0 Å². The van der Waals surface area contributed by atoms with Crippen molar-refractivity contribution in [3.63, 3.8) is 0 Å². The van der Waals surface area contributed by atoms with Gasteiger partial charge in [-0.15, -0.1) is 11.3 Å². The molecule has 1 amide bonds. The first-order valence-corrected chi connectivity index (χ1v) is 9.14. The van der Waals surface area contributed by atoms with Crippen molar-refractivity contribution in [2.75, 3.05) is 11.8 Å². The number of thiophene rings is 1. The topological polar surface area (TPSA) is 99.3 Å². The summed E-state index contributed by atoms with van der Waals surface area (Å²) in [5, 5.41) is 4.53. The Morgan fingerprint density at radius 1 is 1.13 bits per heavy atom. The summed E-state index contributed by atoms with van der Waals surface area (Å²) in [6.45, 7) is 0. The Labute approximate surface area is 143 Å². The van der Waals surface area contributed by atoms with E-state index in [1.54, 1.807) is 30.6 Å². The van der Waals surface area contributed by atoms with Crippen molar-refractivity contribution in [1.29, 1.82) is 0 Å².